The monoisotopic (exact) mass is 263 g/mol. The molecule has 0 saturated carbocycles. The van der Waals surface area contributed by atoms with Crippen LogP contribution in [0.2, 0.25) is 0 Å². The van der Waals surface area contributed by atoms with Gasteiger partial charge in [-0.05, 0) is 38.7 Å². The number of nitrogens with zero attached hydrogens (tertiary/aromatic N) is 2. The van der Waals surface area contributed by atoms with Crippen molar-refractivity contribution in [2.45, 2.75) is 26.9 Å². The maximum atomic E-state index is 8.61. The first-order chi connectivity index (χ1) is 8.56. The Morgan fingerprint density at radius 1 is 1.50 bits per heavy atom. The van der Waals surface area contributed by atoms with Crippen molar-refractivity contribution in [1.29, 1.82) is 5.26 Å². The van der Waals surface area contributed by atoms with E-state index in [1.807, 2.05) is 51.4 Å². The molecule has 0 aliphatic carbocycles. The van der Waals surface area contributed by atoms with Gasteiger partial charge in [-0.1, -0.05) is 17.8 Å². The van der Waals surface area contributed by atoms with Crippen LogP contribution in [-0.2, 0) is 0 Å². The Labute approximate surface area is 112 Å². The number of thioether (sulfide) groups is 1. The zero-order chi connectivity index (χ0) is 13.5. The standard InChI is InChI=1S/C13H17N3OS/c1-9(2)17-11-6-5-10(3)12(7-11)16-13(18-4)15-8-14/h5-7,9H,1-4H3,(H,15,16). The average molecular weight is 263 g/mol. The van der Waals surface area contributed by atoms with Crippen LogP contribution >= 0.6 is 11.8 Å². The van der Waals surface area contributed by atoms with E-state index in [1.165, 1.54) is 11.8 Å². The highest BCUT2D eigenvalue weighted by atomic mass is 32.2. The fourth-order valence-corrected chi connectivity index (χ4v) is 1.67. The van der Waals surface area contributed by atoms with E-state index in [0.29, 0.717) is 5.17 Å². The Kier molecular flexibility index (Phi) is 5.53. The van der Waals surface area contributed by atoms with Crippen molar-refractivity contribution < 1.29 is 4.74 Å². The van der Waals surface area contributed by atoms with Crippen LogP contribution in [0.1, 0.15) is 19.4 Å². The molecule has 0 aliphatic heterocycles. The van der Waals surface area contributed by atoms with Gasteiger partial charge in [-0.2, -0.15) is 5.26 Å². The Morgan fingerprint density at radius 2 is 2.22 bits per heavy atom. The third-order valence-corrected chi connectivity index (χ3v) is 2.71. The predicted molar refractivity (Wildman–Crippen MR) is 76.3 cm³/mol. The molecule has 0 spiro atoms. The number of hydrogen-bond acceptors (Lipinski definition) is 4. The van der Waals surface area contributed by atoms with Gasteiger partial charge in [-0.3, -0.25) is 5.32 Å². The molecule has 1 rings (SSSR count). The fraction of sp³-hybridized carbons (Fsp3) is 0.385. The zero-order valence-electron chi connectivity index (χ0n) is 11.0. The molecule has 0 saturated heterocycles. The molecule has 0 unspecified atom stereocenters. The molecule has 0 bridgehead atoms. The van der Waals surface area contributed by atoms with E-state index < -0.39 is 0 Å². The van der Waals surface area contributed by atoms with Gasteiger partial charge in [0.05, 0.1) is 11.8 Å². The van der Waals surface area contributed by atoms with Gasteiger partial charge in [-0.25, -0.2) is 4.99 Å². The number of benzene rings is 1. The second kappa shape index (κ2) is 6.92. The van der Waals surface area contributed by atoms with Crippen LogP contribution in [0.5, 0.6) is 5.75 Å². The molecule has 0 aromatic heterocycles. The number of nitrogens with one attached hydrogen (secondary N) is 1. The molecule has 96 valence electrons. The first-order valence-corrected chi connectivity index (χ1v) is 6.84. The number of amidine groups is 1. The van der Waals surface area contributed by atoms with Gasteiger partial charge in [0, 0.05) is 6.07 Å². The molecule has 0 fully saturated rings. The molecule has 5 heteroatoms. The summed E-state index contributed by atoms with van der Waals surface area (Å²) in [4.78, 5) is 4.40. The molecule has 0 heterocycles. The summed E-state index contributed by atoms with van der Waals surface area (Å²) in [5.41, 5.74) is 1.85. The van der Waals surface area contributed by atoms with Crippen LogP contribution in [0.25, 0.3) is 0 Å². The second-order valence-corrected chi connectivity index (χ2v) is 4.77. The Balaban J connectivity index is 3.03. The van der Waals surface area contributed by atoms with E-state index in [4.69, 9.17) is 10.00 Å². The van der Waals surface area contributed by atoms with E-state index in [9.17, 15) is 0 Å². The molecular weight excluding hydrogens is 246 g/mol. The minimum Gasteiger partial charge on any atom is -0.491 e. The molecule has 0 aliphatic rings. The smallest absolute Gasteiger partial charge is 0.183 e. The van der Waals surface area contributed by atoms with Crippen LogP contribution < -0.4 is 10.1 Å². The highest BCUT2D eigenvalue weighted by Gasteiger charge is 2.04. The van der Waals surface area contributed by atoms with Crippen molar-refractivity contribution in [3.05, 3.63) is 23.8 Å². The normalized spacial score (nSPS) is 11.2. The first kappa shape index (κ1) is 14.4. The maximum Gasteiger partial charge on any atom is 0.183 e. The molecule has 4 nitrogen and oxygen atoms in total. The summed E-state index contributed by atoms with van der Waals surface area (Å²) >= 11 is 1.39. The summed E-state index contributed by atoms with van der Waals surface area (Å²) in [6.07, 6.45) is 3.87. The van der Waals surface area contributed by atoms with Gasteiger partial charge < -0.3 is 4.74 Å². The van der Waals surface area contributed by atoms with E-state index in [0.717, 1.165) is 17.0 Å². The molecule has 1 N–H and O–H groups in total. The van der Waals surface area contributed by atoms with Crippen molar-refractivity contribution >= 4 is 22.6 Å². The number of hydrogen-bond donors (Lipinski definition) is 1. The fourth-order valence-electron chi connectivity index (χ4n) is 1.34. The summed E-state index contributed by atoms with van der Waals surface area (Å²) < 4.78 is 5.62. The van der Waals surface area contributed by atoms with E-state index in [-0.39, 0.29) is 6.10 Å². The van der Waals surface area contributed by atoms with Crippen molar-refractivity contribution in [2.24, 2.45) is 4.99 Å². The van der Waals surface area contributed by atoms with Gasteiger partial charge in [0.2, 0.25) is 0 Å². The number of nitriles is 1. The van der Waals surface area contributed by atoms with Crippen LogP contribution in [0.15, 0.2) is 23.2 Å². The van der Waals surface area contributed by atoms with E-state index in [1.54, 1.807) is 0 Å². The lowest BCUT2D eigenvalue weighted by molar-refractivity contribution is 0.242. The van der Waals surface area contributed by atoms with E-state index >= 15 is 0 Å². The lowest BCUT2D eigenvalue weighted by Crippen LogP contribution is -2.12. The Hall–Kier alpha value is -1.67. The largest absolute Gasteiger partial charge is 0.491 e. The predicted octanol–water partition coefficient (Wildman–Crippen LogP) is 3.20. The Bertz CT molecular complexity index is 478. The average Bonchev–Trinajstić information content (AvgIpc) is 2.32. The number of rotatable bonds is 3. The van der Waals surface area contributed by atoms with Crippen molar-refractivity contribution in [3.8, 4) is 11.9 Å². The van der Waals surface area contributed by atoms with Crippen LogP contribution in [0.3, 0.4) is 0 Å². The van der Waals surface area contributed by atoms with Gasteiger partial charge in [0.1, 0.15) is 5.75 Å². The summed E-state index contributed by atoms with van der Waals surface area (Å²) in [5.74, 6) is 0.784. The summed E-state index contributed by atoms with van der Waals surface area (Å²) in [7, 11) is 0. The van der Waals surface area contributed by atoms with Crippen LogP contribution in [0, 0.1) is 18.4 Å². The van der Waals surface area contributed by atoms with Crippen molar-refractivity contribution in [2.75, 3.05) is 6.26 Å². The van der Waals surface area contributed by atoms with Gasteiger partial charge in [0.15, 0.2) is 11.4 Å². The SMILES string of the molecule is CSC(=Nc1cc(OC(C)C)ccc1C)NC#N. The van der Waals surface area contributed by atoms with Gasteiger partial charge >= 0.3 is 0 Å². The molecule has 0 amide bonds. The lowest BCUT2D eigenvalue weighted by Gasteiger charge is -2.11. The topological polar surface area (TPSA) is 57.4 Å². The van der Waals surface area contributed by atoms with Crippen LogP contribution in [0.4, 0.5) is 5.69 Å². The van der Waals surface area contributed by atoms with Crippen molar-refractivity contribution in [3.63, 3.8) is 0 Å². The molecule has 0 atom stereocenters. The highest BCUT2D eigenvalue weighted by molar-refractivity contribution is 8.13. The third kappa shape index (κ3) is 4.30. The minimum absolute atomic E-state index is 0.127. The third-order valence-electron chi connectivity index (χ3n) is 2.13. The summed E-state index contributed by atoms with van der Waals surface area (Å²) in [6.45, 7) is 5.93. The minimum atomic E-state index is 0.127. The summed E-state index contributed by atoms with van der Waals surface area (Å²) in [5, 5.41) is 11.7. The van der Waals surface area contributed by atoms with E-state index in [2.05, 4.69) is 10.3 Å². The number of aryl methyl sites for hydroxylation is 1. The van der Waals surface area contributed by atoms with Gasteiger partial charge in [-0.15, -0.1) is 0 Å². The molecule has 1 aromatic carbocycles. The number of aliphatic imine (C=N–C) groups is 1. The molecule has 1 aromatic rings. The number of ether oxygens (including phenoxy) is 1. The zero-order valence-corrected chi connectivity index (χ0v) is 11.8. The molecule has 0 radical (unpaired) electrons. The van der Waals surface area contributed by atoms with Crippen LogP contribution in [-0.4, -0.2) is 17.5 Å². The molecular formula is C13H17N3OS. The maximum absolute atomic E-state index is 8.61. The molecule has 18 heavy (non-hydrogen) atoms. The Morgan fingerprint density at radius 3 is 2.78 bits per heavy atom. The quantitative estimate of drug-likeness (QED) is 0.394. The van der Waals surface area contributed by atoms with Gasteiger partial charge in [0.25, 0.3) is 0 Å². The highest BCUT2D eigenvalue weighted by Crippen LogP contribution is 2.26. The van der Waals surface area contributed by atoms with Crippen molar-refractivity contribution in [1.82, 2.24) is 5.32 Å². The summed E-state index contributed by atoms with van der Waals surface area (Å²) in [6, 6.07) is 5.76. The first-order valence-electron chi connectivity index (χ1n) is 5.62. The lowest BCUT2D eigenvalue weighted by atomic mass is 10.2. The second-order valence-electron chi connectivity index (χ2n) is 3.97.